The van der Waals surface area contributed by atoms with E-state index in [2.05, 4.69) is 26.7 Å². The Morgan fingerprint density at radius 3 is 1.73 bits per heavy atom. The van der Waals surface area contributed by atoms with Gasteiger partial charge in [-0.2, -0.15) is 10.5 Å². The molecule has 0 aliphatic carbocycles. The lowest BCUT2D eigenvalue weighted by Gasteiger charge is -2.16. The minimum atomic E-state index is 0.373. The molecule has 2 heterocycles. The van der Waals surface area contributed by atoms with Gasteiger partial charge < -0.3 is 0 Å². The van der Waals surface area contributed by atoms with Crippen LogP contribution in [0.15, 0.2) is 121 Å². The van der Waals surface area contributed by atoms with Gasteiger partial charge in [0, 0.05) is 27.3 Å². The maximum absolute atomic E-state index is 9.51. The fourth-order valence-corrected chi connectivity index (χ4v) is 6.47. The molecule has 0 saturated heterocycles. The van der Waals surface area contributed by atoms with Gasteiger partial charge in [-0.25, -0.2) is 29.5 Å². The molecular weight excluding hydrogens is 641 g/mol. The Hall–Kier alpha value is -8.22. The van der Waals surface area contributed by atoms with Gasteiger partial charge in [-0.15, -0.1) is 0 Å². The van der Waals surface area contributed by atoms with Crippen molar-refractivity contribution in [3.63, 3.8) is 0 Å². The zero-order chi connectivity index (χ0) is 35.8. The van der Waals surface area contributed by atoms with Gasteiger partial charge in [0.15, 0.2) is 17.1 Å². The van der Waals surface area contributed by atoms with Crippen LogP contribution in [0.2, 0.25) is 0 Å². The summed E-state index contributed by atoms with van der Waals surface area (Å²) in [5, 5.41) is 21.2. The average molecular weight is 661 g/mol. The van der Waals surface area contributed by atoms with Gasteiger partial charge in [0.2, 0.25) is 0 Å². The third-order valence-electron chi connectivity index (χ3n) is 8.93. The summed E-state index contributed by atoms with van der Waals surface area (Å²) in [5.41, 5.74) is 9.72. The molecule has 0 fully saturated rings. The van der Waals surface area contributed by atoms with E-state index in [-0.39, 0.29) is 0 Å². The third kappa shape index (κ3) is 5.27. The first kappa shape index (κ1) is 31.1. The summed E-state index contributed by atoms with van der Waals surface area (Å²) in [5.74, 6) is 0. The highest BCUT2D eigenvalue weighted by Crippen LogP contribution is 2.44. The molecule has 0 spiro atoms. The molecule has 236 valence electrons. The Balaban J connectivity index is 1.42. The molecule has 0 unspecified atom stereocenters. The van der Waals surface area contributed by atoms with Gasteiger partial charge in [-0.1, -0.05) is 78.9 Å². The van der Waals surface area contributed by atoms with Crippen molar-refractivity contribution in [1.29, 1.82) is 10.5 Å². The molecule has 0 aliphatic rings. The van der Waals surface area contributed by atoms with E-state index in [0.29, 0.717) is 61.7 Å². The molecule has 0 saturated carbocycles. The minimum absolute atomic E-state index is 0.373. The number of para-hydroxylation sites is 1. The van der Waals surface area contributed by atoms with E-state index in [1.54, 1.807) is 48.5 Å². The predicted octanol–water partition coefficient (Wildman–Crippen LogP) is 11.4. The largest absolute Gasteiger partial charge is 0.248 e. The standard InChI is InChI=1S/C44H20N8/c1-47-33-18-16-31(17-19-33)42-43(30-10-8-26(24-45)9-11-30)52-44-38(51-42)23-37(49-3)40-39(44)35-6-4-5-7-36(35)50-41(40)29-14-12-28(13-15-29)32-20-27(25-46)21-34(22-32)48-2/h4-23H. The highest BCUT2D eigenvalue weighted by Gasteiger charge is 2.22. The summed E-state index contributed by atoms with van der Waals surface area (Å²) in [6.07, 6.45) is 0. The van der Waals surface area contributed by atoms with Crippen molar-refractivity contribution in [2.75, 3.05) is 0 Å². The number of rotatable bonds is 4. The van der Waals surface area contributed by atoms with E-state index in [4.69, 9.17) is 34.7 Å². The second-order valence-electron chi connectivity index (χ2n) is 11.9. The summed E-state index contributed by atoms with van der Waals surface area (Å²) in [6, 6.07) is 41.0. The number of fused-ring (bicyclic) bond motifs is 5. The molecule has 0 N–H and O–H groups in total. The second-order valence-corrected chi connectivity index (χ2v) is 11.9. The van der Waals surface area contributed by atoms with Crippen LogP contribution >= 0.6 is 0 Å². The molecule has 0 bridgehead atoms. The van der Waals surface area contributed by atoms with Crippen molar-refractivity contribution >= 4 is 49.8 Å². The van der Waals surface area contributed by atoms with Gasteiger partial charge >= 0.3 is 0 Å². The van der Waals surface area contributed by atoms with Crippen LogP contribution in [0, 0.1) is 42.4 Å². The Morgan fingerprint density at radius 1 is 0.462 bits per heavy atom. The van der Waals surface area contributed by atoms with Crippen LogP contribution in [0.3, 0.4) is 0 Å². The Kier molecular flexibility index (Phi) is 7.57. The maximum Gasteiger partial charge on any atom is 0.199 e. The van der Waals surface area contributed by atoms with Crippen LogP contribution < -0.4 is 0 Å². The van der Waals surface area contributed by atoms with E-state index in [1.807, 2.05) is 72.8 Å². The lowest BCUT2D eigenvalue weighted by atomic mass is 9.95. The van der Waals surface area contributed by atoms with E-state index in [1.165, 1.54) is 0 Å². The maximum atomic E-state index is 9.51. The molecule has 0 aliphatic heterocycles. The summed E-state index contributed by atoms with van der Waals surface area (Å²) in [7, 11) is 0. The van der Waals surface area contributed by atoms with Crippen LogP contribution in [0.25, 0.3) is 92.1 Å². The lowest BCUT2D eigenvalue weighted by Crippen LogP contribution is -1.98. The number of hydrogen-bond acceptors (Lipinski definition) is 5. The van der Waals surface area contributed by atoms with Gasteiger partial charge in [0.05, 0.1) is 71.1 Å². The fourth-order valence-electron chi connectivity index (χ4n) is 6.47. The number of pyridine rings is 1. The highest BCUT2D eigenvalue weighted by atomic mass is 14.8. The third-order valence-corrected chi connectivity index (χ3v) is 8.93. The summed E-state index contributed by atoms with van der Waals surface area (Å²) >= 11 is 0. The molecule has 8 aromatic rings. The van der Waals surface area contributed by atoms with E-state index in [9.17, 15) is 10.5 Å². The number of nitriles is 2. The predicted molar refractivity (Wildman–Crippen MR) is 202 cm³/mol. The van der Waals surface area contributed by atoms with Crippen LogP contribution in [0.4, 0.5) is 17.1 Å². The molecule has 8 rings (SSSR count). The molecule has 0 radical (unpaired) electrons. The highest BCUT2D eigenvalue weighted by molar-refractivity contribution is 6.25. The minimum Gasteiger partial charge on any atom is -0.248 e. The van der Waals surface area contributed by atoms with Crippen LogP contribution in [0.1, 0.15) is 11.1 Å². The van der Waals surface area contributed by atoms with Gasteiger partial charge in [-0.3, -0.25) is 0 Å². The zero-order valence-corrected chi connectivity index (χ0v) is 27.1. The van der Waals surface area contributed by atoms with Gasteiger partial charge in [-0.05, 0) is 64.7 Å². The zero-order valence-electron chi connectivity index (χ0n) is 27.1. The fraction of sp³-hybridized carbons (Fsp3) is 0. The van der Waals surface area contributed by atoms with Crippen LogP contribution in [0.5, 0.6) is 0 Å². The normalized spacial score (nSPS) is 10.6. The average Bonchev–Trinajstić information content (AvgIpc) is 3.22. The first-order valence-electron chi connectivity index (χ1n) is 16.0. The molecule has 8 heteroatoms. The molecular formula is C44H20N8. The smallest absolute Gasteiger partial charge is 0.199 e. The van der Waals surface area contributed by atoms with E-state index < -0.39 is 0 Å². The molecule has 0 amide bonds. The Morgan fingerprint density at radius 2 is 1.06 bits per heavy atom. The first-order chi connectivity index (χ1) is 25.5. The monoisotopic (exact) mass is 660 g/mol. The first-order valence-corrected chi connectivity index (χ1v) is 16.0. The van der Waals surface area contributed by atoms with E-state index in [0.717, 1.165) is 44.1 Å². The number of benzene rings is 6. The summed E-state index contributed by atoms with van der Waals surface area (Å²) in [4.78, 5) is 26.6. The SMILES string of the molecule is [C-]#[N+]c1ccc(-c2nc3cc([N+]#[C-])c4c(-c5ccc(-c6cc(C#N)cc([N+]#[C-])c6)cc5)nc5ccccc5c4c3nc2-c2ccc(C#N)cc2)cc1. The molecule has 6 aromatic carbocycles. The van der Waals surface area contributed by atoms with Crippen molar-refractivity contribution in [3.8, 4) is 57.0 Å². The van der Waals surface area contributed by atoms with Crippen molar-refractivity contribution in [2.24, 2.45) is 0 Å². The van der Waals surface area contributed by atoms with Gasteiger partial charge in [0.1, 0.15) is 0 Å². The molecule has 8 nitrogen and oxygen atoms in total. The number of nitrogens with zero attached hydrogens (tertiary/aromatic N) is 8. The van der Waals surface area contributed by atoms with Crippen molar-refractivity contribution in [1.82, 2.24) is 15.0 Å². The summed E-state index contributed by atoms with van der Waals surface area (Å²) in [6.45, 7) is 23.2. The Labute approximate surface area is 298 Å². The molecule has 0 atom stereocenters. The van der Waals surface area contributed by atoms with Crippen molar-refractivity contribution in [2.45, 2.75) is 0 Å². The molecule has 52 heavy (non-hydrogen) atoms. The topological polar surface area (TPSA) is 99.3 Å². The van der Waals surface area contributed by atoms with Crippen molar-refractivity contribution < 1.29 is 0 Å². The van der Waals surface area contributed by atoms with Crippen LogP contribution in [-0.4, -0.2) is 15.0 Å². The van der Waals surface area contributed by atoms with E-state index >= 15 is 0 Å². The van der Waals surface area contributed by atoms with Crippen molar-refractivity contribution in [3.05, 3.63) is 167 Å². The number of hydrogen-bond donors (Lipinski definition) is 0. The Bertz CT molecular complexity index is 2950. The summed E-state index contributed by atoms with van der Waals surface area (Å²) < 4.78 is 0. The lowest BCUT2D eigenvalue weighted by molar-refractivity contribution is 1.30. The van der Waals surface area contributed by atoms with Crippen LogP contribution in [-0.2, 0) is 0 Å². The quantitative estimate of drug-likeness (QED) is 0.138. The molecule has 2 aromatic heterocycles. The van der Waals surface area contributed by atoms with Gasteiger partial charge in [0.25, 0.3) is 0 Å². The second kappa shape index (κ2) is 12.7. The number of aromatic nitrogens is 3.